The molecule has 1 rings (SSSR count). The van der Waals surface area contributed by atoms with E-state index in [1.165, 1.54) is 5.57 Å². The zero-order valence-electron chi connectivity index (χ0n) is 11.4. The number of halogens is 1. The lowest BCUT2D eigenvalue weighted by atomic mass is 10.3. The summed E-state index contributed by atoms with van der Waals surface area (Å²) in [6.07, 6.45) is 2.09. The van der Waals surface area contributed by atoms with Crippen molar-refractivity contribution in [1.82, 2.24) is 0 Å². The fourth-order valence-electron chi connectivity index (χ4n) is 1.40. The summed E-state index contributed by atoms with van der Waals surface area (Å²) in [6.45, 7) is 10.4. The maximum atomic E-state index is 10.1. The van der Waals surface area contributed by atoms with Crippen molar-refractivity contribution < 1.29 is 30.9 Å². The summed E-state index contributed by atoms with van der Waals surface area (Å²) in [4.78, 5) is 0. The molecule has 0 N–H and O–H groups in total. The van der Waals surface area contributed by atoms with E-state index in [0.29, 0.717) is 0 Å². The van der Waals surface area contributed by atoms with Gasteiger partial charge in [0.05, 0.1) is 6.61 Å². The van der Waals surface area contributed by atoms with Crippen molar-refractivity contribution in [3.05, 3.63) is 11.6 Å². The van der Waals surface area contributed by atoms with Crippen LogP contribution in [0.1, 0.15) is 20.8 Å². The fraction of sp³-hybridized carbons (Fsp3) is 0.727. The maximum absolute atomic E-state index is 10.1. The first-order chi connectivity index (χ1) is 8.74. The van der Waals surface area contributed by atoms with Crippen LogP contribution in [0.5, 0.6) is 0 Å². The van der Waals surface area contributed by atoms with Gasteiger partial charge in [0.15, 0.2) is 13.1 Å². The Morgan fingerprint density at radius 3 is 2.26 bits per heavy atom. The summed E-state index contributed by atoms with van der Waals surface area (Å²) < 4.78 is 48.5. The van der Waals surface area contributed by atoms with Gasteiger partial charge in [-0.1, -0.05) is 5.57 Å². The Labute approximate surface area is 113 Å². The minimum atomic E-state index is -5.42. The molecule has 19 heavy (non-hydrogen) atoms. The van der Waals surface area contributed by atoms with Crippen LogP contribution in [-0.2, 0) is 20.0 Å². The van der Waals surface area contributed by atoms with Crippen molar-refractivity contribution in [2.45, 2.75) is 20.8 Å². The molecule has 0 amide bonds. The molecule has 0 bridgehead atoms. The third-order valence-corrected chi connectivity index (χ3v) is 2.03. The van der Waals surface area contributed by atoms with E-state index in [9.17, 15) is 3.89 Å². The molecule has 0 saturated carbocycles. The number of rotatable bonds is 2. The molecule has 0 atom stereocenters. The van der Waals surface area contributed by atoms with Gasteiger partial charge in [-0.2, -0.15) is 4.58 Å². The van der Waals surface area contributed by atoms with Gasteiger partial charge in [0.2, 0.25) is 0 Å². The van der Waals surface area contributed by atoms with Crippen LogP contribution in [0.2, 0.25) is 0 Å². The van der Waals surface area contributed by atoms with Crippen molar-refractivity contribution in [3.8, 4) is 0 Å². The van der Waals surface area contributed by atoms with Crippen LogP contribution in [0.15, 0.2) is 11.6 Å². The van der Waals surface area contributed by atoms with Gasteiger partial charge in [-0.15, -0.1) is 3.89 Å². The molecule has 0 aromatic heterocycles. The zero-order valence-corrected chi connectivity index (χ0v) is 12.2. The molecule has 6 nitrogen and oxygen atoms in total. The van der Waals surface area contributed by atoms with E-state index in [2.05, 4.69) is 24.5 Å². The van der Waals surface area contributed by atoms with Gasteiger partial charge in [0, 0.05) is 6.08 Å². The van der Waals surface area contributed by atoms with Crippen molar-refractivity contribution in [2.24, 2.45) is 0 Å². The second-order valence-electron chi connectivity index (χ2n) is 3.99. The van der Waals surface area contributed by atoms with Crippen molar-refractivity contribution in [3.63, 3.8) is 0 Å². The minimum absolute atomic E-state index is 0.719. The Bertz CT molecular complexity index is 410. The first kappa shape index (κ1) is 18.0. The lowest BCUT2D eigenvalue weighted by molar-refractivity contribution is -0.556. The van der Waals surface area contributed by atoms with Gasteiger partial charge in [0.1, 0.15) is 13.2 Å². The average molecular weight is 297 g/mol. The van der Waals surface area contributed by atoms with Gasteiger partial charge in [-0.25, -0.2) is 8.42 Å². The zero-order chi connectivity index (χ0) is 14.9. The fourth-order valence-corrected chi connectivity index (χ4v) is 1.40. The molecule has 0 aliphatic carbocycles. The Kier molecular flexibility index (Phi) is 8.53. The quantitative estimate of drug-likeness (QED) is 0.327. The van der Waals surface area contributed by atoms with Crippen LogP contribution >= 0.6 is 0 Å². The smallest absolute Gasteiger partial charge is 0.362 e. The predicted molar refractivity (Wildman–Crippen MR) is 67.7 cm³/mol. The third kappa shape index (κ3) is 11.8. The SMILES string of the molecule is CCOC(C=C(C)C)=[N+]1CCOCC1.O=S(=O)([O-])F. The monoisotopic (exact) mass is 297 g/mol. The van der Waals surface area contributed by atoms with E-state index < -0.39 is 10.5 Å². The Balaban J connectivity index is 0.000000555. The molecule has 1 heterocycles. The standard InChI is InChI=1S/C11H20NO2.FHO3S/c1-4-14-11(9-10(2)3)12-5-7-13-8-6-12;1-5(2,3)4/h9H,4-8H2,1-3H3;(H,2,3,4)/q+1;/p-1. The average Bonchev–Trinajstić information content (AvgIpc) is 2.27. The summed E-state index contributed by atoms with van der Waals surface area (Å²) in [5, 5.41) is 0. The van der Waals surface area contributed by atoms with Crippen LogP contribution in [0.3, 0.4) is 0 Å². The highest BCUT2D eigenvalue weighted by molar-refractivity contribution is 7.80. The van der Waals surface area contributed by atoms with Crippen LogP contribution in [0, 0.1) is 0 Å². The predicted octanol–water partition coefficient (Wildman–Crippen LogP) is 0.846. The lowest BCUT2D eigenvalue weighted by Gasteiger charge is -2.13. The molecule has 1 saturated heterocycles. The summed E-state index contributed by atoms with van der Waals surface area (Å²) >= 11 is 0. The number of hydrogen-bond acceptors (Lipinski definition) is 5. The van der Waals surface area contributed by atoms with Gasteiger partial charge >= 0.3 is 5.90 Å². The highest BCUT2D eigenvalue weighted by atomic mass is 32.3. The second-order valence-corrected chi connectivity index (χ2v) is 4.77. The molecule has 0 aromatic rings. The van der Waals surface area contributed by atoms with Gasteiger partial charge < -0.3 is 14.0 Å². The lowest BCUT2D eigenvalue weighted by Crippen LogP contribution is -2.33. The van der Waals surface area contributed by atoms with Gasteiger partial charge in [-0.05, 0) is 20.8 Å². The molecular formula is C11H20FNO5S. The molecule has 0 aromatic carbocycles. The van der Waals surface area contributed by atoms with Crippen LogP contribution in [0.25, 0.3) is 0 Å². The van der Waals surface area contributed by atoms with Crippen LogP contribution < -0.4 is 0 Å². The number of allylic oxidation sites excluding steroid dienone is 1. The topological polar surface area (TPSA) is 78.7 Å². The Morgan fingerprint density at radius 2 is 1.89 bits per heavy atom. The Hall–Kier alpha value is -0.990. The molecule has 0 radical (unpaired) electrons. The molecule has 1 fully saturated rings. The first-order valence-electron chi connectivity index (χ1n) is 5.86. The molecule has 112 valence electrons. The summed E-state index contributed by atoms with van der Waals surface area (Å²) in [6, 6.07) is 0. The molecule has 0 unspecified atom stereocenters. The summed E-state index contributed by atoms with van der Waals surface area (Å²) in [5.74, 6) is 0.982. The van der Waals surface area contributed by atoms with Crippen molar-refractivity contribution >= 4 is 16.4 Å². The highest BCUT2D eigenvalue weighted by Crippen LogP contribution is 1.97. The summed E-state index contributed by atoms with van der Waals surface area (Å²) in [7, 11) is -5.42. The van der Waals surface area contributed by atoms with Gasteiger partial charge in [-0.3, -0.25) is 0 Å². The van der Waals surface area contributed by atoms with Gasteiger partial charge in [0.25, 0.3) is 10.5 Å². The van der Waals surface area contributed by atoms with E-state index in [4.69, 9.17) is 22.4 Å². The van der Waals surface area contributed by atoms with Crippen molar-refractivity contribution in [2.75, 3.05) is 32.9 Å². The van der Waals surface area contributed by atoms with Crippen molar-refractivity contribution in [1.29, 1.82) is 0 Å². The number of nitrogens with zero attached hydrogens (tertiary/aromatic N) is 1. The van der Waals surface area contributed by atoms with E-state index >= 15 is 0 Å². The van der Waals surface area contributed by atoms with E-state index in [0.717, 1.165) is 38.8 Å². The normalized spacial score (nSPS) is 15.1. The first-order valence-corrected chi connectivity index (χ1v) is 7.17. The van der Waals surface area contributed by atoms with E-state index in [1.54, 1.807) is 0 Å². The third-order valence-electron chi connectivity index (χ3n) is 2.03. The molecule has 0 spiro atoms. The molecule has 8 heteroatoms. The maximum Gasteiger partial charge on any atom is 0.362 e. The minimum Gasteiger partial charge on any atom is -0.722 e. The number of hydrogen-bond donors (Lipinski definition) is 0. The van der Waals surface area contributed by atoms with Crippen LogP contribution in [-0.4, -0.2) is 56.4 Å². The van der Waals surface area contributed by atoms with Crippen LogP contribution in [0.4, 0.5) is 3.89 Å². The van der Waals surface area contributed by atoms with E-state index in [-0.39, 0.29) is 0 Å². The Morgan fingerprint density at radius 1 is 1.42 bits per heavy atom. The largest absolute Gasteiger partial charge is 0.722 e. The number of ether oxygens (including phenoxy) is 2. The van der Waals surface area contributed by atoms with E-state index in [1.807, 2.05) is 6.92 Å². The highest BCUT2D eigenvalue weighted by Gasteiger charge is 2.17. The molecular weight excluding hydrogens is 277 g/mol. The molecule has 1 aliphatic rings. The summed E-state index contributed by atoms with van der Waals surface area (Å²) in [5.41, 5.74) is 1.26. The number of morpholine rings is 1. The second kappa shape index (κ2) is 9.00. The molecule has 1 aliphatic heterocycles.